The van der Waals surface area contributed by atoms with Crippen molar-refractivity contribution in [2.24, 2.45) is 0 Å². The molecule has 1 heterocycles. The highest BCUT2D eigenvalue weighted by atomic mass is 16.6. The maximum absolute atomic E-state index is 13.0. The SMILES string of the molecule is CCN(CCN(C(=O)OC(C)(C)C)N(C)C(=O)OC(C)(C)C)c1ccc(NC(=O)OCc2ccccc2)cn1. The summed E-state index contributed by atoms with van der Waals surface area (Å²) in [6.45, 7) is 13.7. The van der Waals surface area contributed by atoms with E-state index in [2.05, 4.69) is 10.3 Å². The second-order valence-corrected chi connectivity index (χ2v) is 10.8. The number of hydrogen-bond acceptors (Lipinski definition) is 8. The van der Waals surface area contributed by atoms with Crippen LogP contribution in [-0.2, 0) is 20.8 Å². The van der Waals surface area contributed by atoms with E-state index in [0.717, 1.165) is 10.6 Å². The van der Waals surface area contributed by atoms with Gasteiger partial charge in [-0.15, -0.1) is 0 Å². The molecule has 0 atom stereocenters. The molecule has 11 heteroatoms. The first kappa shape index (κ1) is 31.2. The van der Waals surface area contributed by atoms with Gasteiger partial charge in [0, 0.05) is 20.1 Å². The largest absolute Gasteiger partial charge is 0.444 e. The molecule has 39 heavy (non-hydrogen) atoms. The normalized spacial score (nSPS) is 11.3. The van der Waals surface area contributed by atoms with Crippen LogP contribution in [0.3, 0.4) is 0 Å². The number of carbonyl (C=O) groups excluding carboxylic acids is 3. The van der Waals surface area contributed by atoms with Crippen molar-refractivity contribution in [2.45, 2.75) is 66.3 Å². The van der Waals surface area contributed by atoms with Gasteiger partial charge in [0.2, 0.25) is 0 Å². The molecule has 0 radical (unpaired) electrons. The van der Waals surface area contributed by atoms with Crippen LogP contribution in [0.15, 0.2) is 48.7 Å². The van der Waals surface area contributed by atoms with Crippen molar-refractivity contribution in [2.75, 3.05) is 36.9 Å². The summed E-state index contributed by atoms with van der Waals surface area (Å²) in [7, 11) is 1.46. The minimum absolute atomic E-state index is 0.131. The van der Waals surface area contributed by atoms with Crippen LogP contribution < -0.4 is 10.2 Å². The Kier molecular flexibility index (Phi) is 10.9. The van der Waals surface area contributed by atoms with Crippen molar-refractivity contribution in [3.63, 3.8) is 0 Å². The van der Waals surface area contributed by atoms with Crippen LogP contribution in [0.5, 0.6) is 0 Å². The molecule has 0 spiro atoms. The number of aromatic nitrogens is 1. The lowest BCUT2D eigenvalue weighted by Gasteiger charge is -2.35. The van der Waals surface area contributed by atoms with Gasteiger partial charge in [0.1, 0.15) is 23.6 Å². The van der Waals surface area contributed by atoms with Crippen molar-refractivity contribution in [1.29, 1.82) is 0 Å². The molecule has 0 aliphatic carbocycles. The number of anilines is 2. The zero-order chi connectivity index (χ0) is 29.2. The smallest absolute Gasteiger partial charge is 0.429 e. The minimum Gasteiger partial charge on any atom is -0.444 e. The molecule has 0 saturated carbocycles. The van der Waals surface area contributed by atoms with Crippen molar-refractivity contribution in [3.05, 3.63) is 54.2 Å². The molecule has 0 aliphatic heterocycles. The molecule has 2 aromatic rings. The summed E-state index contributed by atoms with van der Waals surface area (Å²) < 4.78 is 16.2. The Labute approximate surface area is 231 Å². The Morgan fingerprint density at radius 1 is 0.872 bits per heavy atom. The average Bonchev–Trinajstić information content (AvgIpc) is 2.84. The predicted molar refractivity (Wildman–Crippen MR) is 149 cm³/mol. The summed E-state index contributed by atoms with van der Waals surface area (Å²) in [4.78, 5) is 44.2. The quantitative estimate of drug-likeness (QED) is 0.334. The summed E-state index contributed by atoms with van der Waals surface area (Å²) in [5, 5.41) is 4.99. The third-order valence-corrected chi connectivity index (χ3v) is 5.12. The third kappa shape index (κ3) is 11.1. The van der Waals surface area contributed by atoms with Crippen LogP contribution in [0.25, 0.3) is 0 Å². The van der Waals surface area contributed by atoms with Gasteiger partial charge in [-0.05, 0) is 66.2 Å². The van der Waals surface area contributed by atoms with E-state index in [1.807, 2.05) is 42.2 Å². The highest BCUT2D eigenvalue weighted by Gasteiger charge is 2.31. The predicted octanol–water partition coefficient (Wildman–Crippen LogP) is 5.68. The molecular formula is C28H41N5O6. The van der Waals surface area contributed by atoms with Gasteiger partial charge in [-0.1, -0.05) is 30.3 Å². The topological polar surface area (TPSA) is 114 Å². The van der Waals surface area contributed by atoms with Gasteiger partial charge in [0.25, 0.3) is 0 Å². The first-order valence-corrected chi connectivity index (χ1v) is 12.8. The molecule has 0 aliphatic rings. The van der Waals surface area contributed by atoms with E-state index < -0.39 is 29.5 Å². The fourth-order valence-electron chi connectivity index (χ4n) is 3.28. The van der Waals surface area contributed by atoms with E-state index in [9.17, 15) is 14.4 Å². The Balaban J connectivity index is 2.04. The van der Waals surface area contributed by atoms with Crippen molar-refractivity contribution < 1.29 is 28.6 Å². The van der Waals surface area contributed by atoms with E-state index in [1.54, 1.807) is 53.7 Å². The highest BCUT2D eigenvalue weighted by molar-refractivity contribution is 5.84. The number of nitrogens with zero attached hydrogens (tertiary/aromatic N) is 4. The van der Waals surface area contributed by atoms with E-state index in [1.165, 1.54) is 18.3 Å². The molecule has 0 fully saturated rings. The van der Waals surface area contributed by atoms with E-state index >= 15 is 0 Å². The molecule has 1 aromatic heterocycles. The fourth-order valence-corrected chi connectivity index (χ4v) is 3.28. The molecule has 214 valence electrons. The van der Waals surface area contributed by atoms with Crippen molar-refractivity contribution in [3.8, 4) is 0 Å². The number of carbonyl (C=O) groups is 3. The number of nitrogens with one attached hydrogen (secondary N) is 1. The zero-order valence-corrected chi connectivity index (χ0v) is 24.2. The highest BCUT2D eigenvalue weighted by Crippen LogP contribution is 2.17. The minimum atomic E-state index is -0.749. The van der Waals surface area contributed by atoms with Crippen molar-refractivity contribution in [1.82, 2.24) is 15.0 Å². The van der Waals surface area contributed by atoms with Gasteiger partial charge in [0.05, 0.1) is 18.4 Å². The lowest BCUT2D eigenvalue weighted by atomic mass is 10.2. The summed E-state index contributed by atoms with van der Waals surface area (Å²) in [6.07, 6.45) is -0.406. The maximum atomic E-state index is 13.0. The van der Waals surface area contributed by atoms with Gasteiger partial charge in [-0.25, -0.2) is 29.4 Å². The maximum Gasteiger partial charge on any atom is 0.429 e. The standard InChI is InChI=1S/C28H41N5O6/c1-9-32(17-18-33(26(36)39-28(5,6)7)31(8)25(35)38-27(2,3)4)23-16-15-22(19-29-23)30-24(34)37-20-21-13-11-10-12-14-21/h10-16,19H,9,17-18,20H2,1-8H3,(H,30,34). The van der Waals surface area contributed by atoms with Crippen LogP contribution in [0, 0.1) is 0 Å². The Morgan fingerprint density at radius 3 is 2.03 bits per heavy atom. The molecule has 0 saturated heterocycles. The molecule has 0 bridgehead atoms. The number of rotatable bonds is 8. The van der Waals surface area contributed by atoms with Crippen LogP contribution in [0.1, 0.15) is 54.0 Å². The molecule has 11 nitrogen and oxygen atoms in total. The molecule has 3 amide bonds. The molecule has 1 aromatic carbocycles. The Morgan fingerprint density at radius 2 is 1.49 bits per heavy atom. The summed E-state index contributed by atoms with van der Waals surface area (Å²) in [5.74, 6) is 0.629. The van der Waals surface area contributed by atoms with Gasteiger partial charge in [-0.2, -0.15) is 0 Å². The number of hydrazine groups is 1. The fraction of sp³-hybridized carbons (Fsp3) is 0.500. The number of hydrogen-bond donors (Lipinski definition) is 1. The van der Waals surface area contributed by atoms with E-state index in [-0.39, 0.29) is 13.2 Å². The number of amides is 3. The monoisotopic (exact) mass is 543 g/mol. The second kappa shape index (κ2) is 13.7. The van der Waals surface area contributed by atoms with E-state index in [0.29, 0.717) is 24.6 Å². The average molecular weight is 544 g/mol. The number of pyridine rings is 1. The van der Waals surface area contributed by atoms with Gasteiger partial charge >= 0.3 is 18.3 Å². The first-order valence-electron chi connectivity index (χ1n) is 12.8. The molecular weight excluding hydrogens is 502 g/mol. The van der Waals surface area contributed by atoms with E-state index in [4.69, 9.17) is 14.2 Å². The van der Waals surface area contributed by atoms with Gasteiger partial charge in [-0.3, -0.25) is 5.32 Å². The number of ether oxygens (including phenoxy) is 3. The van der Waals surface area contributed by atoms with Crippen LogP contribution >= 0.6 is 0 Å². The van der Waals surface area contributed by atoms with Crippen molar-refractivity contribution >= 4 is 29.8 Å². The van der Waals surface area contributed by atoms with Gasteiger partial charge < -0.3 is 19.1 Å². The lowest BCUT2D eigenvalue weighted by Crippen LogP contribution is -2.53. The third-order valence-electron chi connectivity index (χ3n) is 5.12. The van der Waals surface area contributed by atoms with Crippen LogP contribution in [0.2, 0.25) is 0 Å². The molecule has 1 N–H and O–H groups in total. The summed E-state index contributed by atoms with van der Waals surface area (Å²) in [5.41, 5.74) is -0.111. The molecule has 2 rings (SSSR count). The Bertz CT molecular complexity index is 1080. The van der Waals surface area contributed by atoms with Crippen LogP contribution in [-0.4, -0.2) is 71.2 Å². The first-order chi connectivity index (χ1) is 18.2. The zero-order valence-electron chi connectivity index (χ0n) is 24.2. The number of likely N-dealkylation sites (N-methyl/N-ethyl adjacent to an activating group) is 1. The van der Waals surface area contributed by atoms with Gasteiger partial charge in [0.15, 0.2) is 0 Å². The summed E-state index contributed by atoms with van der Waals surface area (Å²) >= 11 is 0. The molecule has 0 unspecified atom stereocenters. The van der Waals surface area contributed by atoms with Crippen LogP contribution in [0.4, 0.5) is 25.9 Å². The summed E-state index contributed by atoms with van der Waals surface area (Å²) in [6, 6.07) is 12.9. The lowest BCUT2D eigenvalue weighted by molar-refractivity contribution is -0.0516. The Hall–Kier alpha value is -4.02. The second-order valence-electron chi connectivity index (χ2n) is 10.8. The number of benzene rings is 1.